The number of carbonyl (C=O) groups is 1. The first-order chi connectivity index (χ1) is 9.02. The van der Waals surface area contributed by atoms with Crippen molar-refractivity contribution in [3.05, 3.63) is 64.2 Å². The number of rotatable bonds is 3. The Bertz CT molecular complexity index is 641. The largest absolute Gasteiger partial charge is 0.495 e. The fourth-order valence-corrected chi connectivity index (χ4v) is 1.89. The van der Waals surface area contributed by atoms with Crippen LogP contribution in [0.2, 0.25) is 5.02 Å². The van der Waals surface area contributed by atoms with Crippen LogP contribution in [0.5, 0.6) is 5.75 Å². The van der Waals surface area contributed by atoms with Gasteiger partial charge in [-0.1, -0.05) is 11.6 Å². The maximum atomic E-state index is 13.5. The molecule has 2 aromatic rings. The number of ether oxygens (including phenoxy) is 1. The monoisotopic (exact) mass is 282 g/mol. The van der Waals surface area contributed by atoms with E-state index in [4.69, 9.17) is 16.3 Å². The van der Waals surface area contributed by atoms with Gasteiger partial charge in [0.05, 0.1) is 17.7 Å². The summed E-state index contributed by atoms with van der Waals surface area (Å²) in [4.78, 5) is 12.1. The zero-order chi connectivity index (χ0) is 14.0. The van der Waals surface area contributed by atoms with E-state index < -0.39 is 17.4 Å². The first-order valence-corrected chi connectivity index (χ1v) is 5.74. The third kappa shape index (κ3) is 2.74. The summed E-state index contributed by atoms with van der Waals surface area (Å²) in [7, 11) is 1.45. The molecule has 0 N–H and O–H groups in total. The van der Waals surface area contributed by atoms with Crippen LogP contribution in [0, 0.1) is 11.6 Å². The van der Waals surface area contributed by atoms with Crippen molar-refractivity contribution in [1.82, 2.24) is 0 Å². The molecule has 0 aliphatic heterocycles. The molecule has 0 aliphatic carbocycles. The zero-order valence-corrected chi connectivity index (χ0v) is 10.7. The molecule has 5 heteroatoms. The lowest BCUT2D eigenvalue weighted by Gasteiger charge is -2.06. The molecule has 0 saturated carbocycles. The molecule has 0 aromatic heterocycles. The van der Waals surface area contributed by atoms with Crippen LogP contribution in [0.25, 0.3) is 0 Å². The van der Waals surface area contributed by atoms with Crippen molar-refractivity contribution in [3.8, 4) is 5.75 Å². The molecule has 0 bridgehead atoms. The lowest BCUT2D eigenvalue weighted by molar-refractivity contribution is 0.103. The first kappa shape index (κ1) is 13.5. The van der Waals surface area contributed by atoms with Crippen molar-refractivity contribution in [2.24, 2.45) is 0 Å². The predicted octanol–water partition coefficient (Wildman–Crippen LogP) is 3.86. The van der Waals surface area contributed by atoms with Crippen molar-refractivity contribution in [2.75, 3.05) is 7.11 Å². The van der Waals surface area contributed by atoms with Crippen molar-refractivity contribution in [3.63, 3.8) is 0 Å². The Hall–Kier alpha value is -1.94. The average Bonchev–Trinajstić information content (AvgIpc) is 2.38. The molecule has 0 saturated heterocycles. The molecule has 2 nitrogen and oxygen atoms in total. The molecule has 0 spiro atoms. The number of hydrogen-bond donors (Lipinski definition) is 0. The topological polar surface area (TPSA) is 26.3 Å². The number of ketones is 1. The lowest BCUT2D eigenvalue weighted by atomic mass is 10.0. The summed E-state index contributed by atoms with van der Waals surface area (Å²) in [6, 6.07) is 7.16. The maximum absolute atomic E-state index is 13.5. The van der Waals surface area contributed by atoms with E-state index in [2.05, 4.69) is 0 Å². The summed E-state index contributed by atoms with van der Waals surface area (Å²) in [5, 5.41) is 0.246. The van der Waals surface area contributed by atoms with Gasteiger partial charge in [-0.15, -0.1) is 0 Å². The van der Waals surface area contributed by atoms with E-state index in [1.807, 2.05) is 0 Å². The van der Waals surface area contributed by atoms with Gasteiger partial charge >= 0.3 is 0 Å². The molecule has 0 amide bonds. The third-order valence-corrected chi connectivity index (χ3v) is 2.89. The lowest BCUT2D eigenvalue weighted by Crippen LogP contribution is -2.05. The number of halogens is 3. The minimum Gasteiger partial charge on any atom is -0.495 e. The van der Waals surface area contributed by atoms with Gasteiger partial charge in [0.25, 0.3) is 0 Å². The normalized spacial score (nSPS) is 10.3. The SMILES string of the molecule is COc1ccc(C(=O)c2ccc(F)cc2F)cc1Cl. The van der Waals surface area contributed by atoms with Crippen LogP contribution in [0.4, 0.5) is 8.78 Å². The Morgan fingerprint density at radius 1 is 1.16 bits per heavy atom. The molecule has 0 fully saturated rings. The Morgan fingerprint density at radius 2 is 1.89 bits per heavy atom. The Morgan fingerprint density at radius 3 is 2.47 bits per heavy atom. The van der Waals surface area contributed by atoms with Crippen LogP contribution in [0.3, 0.4) is 0 Å². The molecule has 19 heavy (non-hydrogen) atoms. The summed E-state index contributed by atoms with van der Waals surface area (Å²) in [6.07, 6.45) is 0. The summed E-state index contributed by atoms with van der Waals surface area (Å²) in [5.74, 6) is -1.79. The van der Waals surface area contributed by atoms with E-state index in [1.54, 1.807) is 0 Å². The second-order valence-electron chi connectivity index (χ2n) is 3.80. The van der Waals surface area contributed by atoms with Gasteiger partial charge in [0.15, 0.2) is 5.78 Å². The van der Waals surface area contributed by atoms with Gasteiger partial charge in [0, 0.05) is 11.6 Å². The van der Waals surface area contributed by atoms with Gasteiger partial charge in [-0.2, -0.15) is 0 Å². The minimum atomic E-state index is -0.906. The van der Waals surface area contributed by atoms with Gasteiger partial charge in [0.2, 0.25) is 0 Å². The van der Waals surface area contributed by atoms with Crippen molar-refractivity contribution < 1.29 is 18.3 Å². The van der Waals surface area contributed by atoms with E-state index in [1.165, 1.54) is 25.3 Å². The quantitative estimate of drug-likeness (QED) is 0.799. The van der Waals surface area contributed by atoms with Crippen LogP contribution in [-0.4, -0.2) is 12.9 Å². The van der Waals surface area contributed by atoms with Crippen molar-refractivity contribution in [2.45, 2.75) is 0 Å². The minimum absolute atomic E-state index is 0.205. The first-order valence-electron chi connectivity index (χ1n) is 5.36. The highest BCUT2D eigenvalue weighted by molar-refractivity contribution is 6.32. The summed E-state index contributed by atoms with van der Waals surface area (Å²) in [6.45, 7) is 0. The molecule has 0 aliphatic rings. The number of methoxy groups -OCH3 is 1. The third-order valence-electron chi connectivity index (χ3n) is 2.59. The molecule has 98 valence electrons. The van der Waals surface area contributed by atoms with Crippen LogP contribution < -0.4 is 4.74 Å². The van der Waals surface area contributed by atoms with Gasteiger partial charge in [-0.3, -0.25) is 4.79 Å². The summed E-state index contributed by atoms with van der Waals surface area (Å²) >= 11 is 5.90. The Balaban J connectivity index is 2.41. The molecular formula is C14H9ClF2O2. The summed E-state index contributed by atoms with van der Waals surface area (Å²) in [5.41, 5.74) is -0.000980. The fourth-order valence-electron chi connectivity index (χ4n) is 1.64. The molecule has 0 unspecified atom stereocenters. The van der Waals surface area contributed by atoms with Crippen LogP contribution in [0.1, 0.15) is 15.9 Å². The van der Waals surface area contributed by atoms with Crippen molar-refractivity contribution >= 4 is 17.4 Å². The zero-order valence-electron chi connectivity index (χ0n) is 9.91. The van der Waals surface area contributed by atoms with Gasteiger partial charge in [-0.05, 0) is 30.3 Å². The van der Waals surface area contributed by atoms with E-state index in [-0.39, 0.29) is 16.1 Å². The number of hydrogen-bond acceptors (Lipinski definition) is 2. The second kappa shape index (κ2) is 5.36. The highest BCUT2D eigenvalue weighted by Crippen LogP contribution is 2.26. The molecule has 0 radical (unpaired) electrons. The van der Waals surface area contributed by atoms with E-state index in [9.17, 15) is 13.6 Å². The van der Waals surface area contributed by atoms with Crippen LogP contribution in [0.15, 0.2) is 36.4 Å². The standard InChI is InChI=1S/C14H9ClF2O2/c1-19-13-5-2-8(6-11(13)15)14(18)10-4-3-9(16)7-12(10)17/h2-7H,1H3. The maximum Gasteiger partial charge on any atom is 0.196 e. The number of carbonyl (C=O) groups excluding carboxylic acids is 1. The molecule has 2 aromatic carbocycles. The average molecular weight is 283 g/mol. The molecule has 0 heterocycles. The molecule has 0 atom stereocenters. The van der Waals surface area contributed by atoms with E-state index in [0.717, 1.165) is 12.1 Å². The highest BCUT2D eigenvalue weighted by Gasteiger charge is 2.16. The van der Waals surface area contributed by atoms with Gasteiger partial charge in [-0.25, -0.2) is 8.78 Å². The summed E-state index contributed by atoms with van der Waals surface area (Å²) < 4.78 is 31.3. The van der Waals surface area contributed by atoms with E-state index in [0.29, 0.717) is 11.8 Å². The smallest absolute Gasteiger partial charge is 0.196 e. The molecule has 2 rings (SSSR count). The van der Waals surface area contributed by atoms with E-state index >= 15 is 0 Å². The van der Waals surface area contributed by atoms with Gasteiger partial charge < -0.3 is 4.74 Å². The second-order valence-corrected chi connectivity index (χ2v) is 4.21. The van der Waals surface area contributed by atoms with Crippen molar-refractivity contribution in [1.29, 1.82) is 0 Å². The predicted molar refractivity (Wildman–Crippen MR) is 67.8 cm³/mol. The fraction of sp³-hybridized carbons (Fsp3) is 0.0714. The number of benzene rings is 2. The Labute approximate surface area is 113 Å². The highest BCUT2D eigenvalue weighted by atomic mass is 35.5. The van der Waals surface area contributed by atoms with Crippen LogP contribution >= 0.6 is 11.6 Å². The van der Waals surface area contributed by atoms with Crippen LogP contribution in [-0.2, 0) is 0 Å². The Kier molecular flexibility index (Phi) is 3.81. The van der Waals surface area contributed by atoms with Gasteiger partial charge in [0.1, 0.15) is 17.4 Å². The molecular weight excluding hydrogens is 274 g/mol.